The van der Waals surface area contributed by atoms with Crippen molar-refractivity contribution in [3.8, 4) is 0 Å². The van der Waals surface area contributed by atoms with E-state index in [2.05, 4.69) is 5.16 Å². The third-order valence-electron chi connectivity index (χ3n) is 1.73. The van der Waals surface area contributed by atoms with Gasteiger partial charge in [-0.2, -0.15) is 0 Å². The molecule has 0 unspecified atom stereocenters. The molecule has 0 bridgehead atoms. The summed E-state index contributed by atoms with van der Waals surface area (Å²) >= 11 is 0.832. The van der Waals surface area contributed by atoms with Crippen LogP contribution in [-0.4, -0.2) is 41.2 Å². The van der Waals surface area contributed by atoms with Crippen molar-refractivity contribution in [3.05, 3.63) is 29.8 Å². The van der Waals surface area contributed by atoms with Crippen LogP contribution in [0.5, 0.6) is 0 Å². The summed E-state index contributed by atoms with van der Waals surface area (Å²) in [6.07, 6.45) is 0. The fourth-order valence-corrected chi connectivity index (χ4v) is 2.23. The van der Waals surface area contributed by atoms with Crippen molar-refractivity contribution in [1.82, 2.24) is 0 Å². The van der Waals surface area contributed by atoms with Gasteiger partial charge in [0, 0.05) is 0 Å². The second-order valence-electron chi connectivity index (χ2n) is 2.48. The number of fused-ring (bicyclic) bond motifs is 1. The first-order chi connectivity index (χ1) is 5.79. The fraction of sp³-hybridized carbons (Fsp3) is 0. The van der Waals surface area contributed by atoms with Gasteiger partial charge in [-0.1, -0.05) is 0 Å². The van der Waals surface area contributed by atoms with Crippen LogP contribution in [0, 0.1) is 0 Å². The summed E-state index contributed by atoms with van der Waals surface area (Å²) in [5.74, 6) is 0. The van der Waals surface area contributed by atoms with E-state index in [1.165, 1.54) is 0 Å². The number of benzene rings is 1. The second kappa shape index (κ2) is 3.18. The molecule has 3 radical (unpaired) electrons. The van der Waals surface area contributed by atoms with Crippen LogP contribution in [0.4, 0.5) is 0 Å². The van der Waals surface area contributed by atoms with Gasteiger partial charge >= 0.3 is 86.4 Å². The van der Waals surface area contributed by atoms with E-state index in [1.54, 1.807) is 0 Å². The molecule has 1 aliphatic heterocycles. The zero-order valence-corrected chi connectivity index (χ0v) is 10.1. The second-order valence-corrected chi connectivity index (χ2v) is 4.33. The predicted molar refractivity (Wildman–Crippen MR) is 47.4 cm³/mol. The van der Waals surface area contributed by atoms with Crippen LogP contribution in [0.15, 0.2) is 29.4 Å². The Bertz CT molecular complexity index is 342. The molecule has 0 fully saturated rings. The zero-order valence-electron chi connectivity index (χ0n) is 6.19. The van der Waals surface area contributed by atoms with Crippen LogP contribution >= 0.6 is 0 Å². The van der Waals surface area contributed by atoms with Crippen LogP contribution in [0.1, 0.15) is 5.56 Å². The van der Waals surface area contributed by atoms with Crippen LogP contribution in [0.2, 0.25) is 0 Å². The molecule has 0 saturated heterocycles. The molecule has 0 aliphatic carbocycles. The maximum atomic E-state index is 9.37. The van der Waals surface area contributed by atoms with Gasteiger partial charge in [-0.25, -0.2) is 0 Å². The molecule has 0 saturated carbocycles. The standard InChI is InChI=1S/C7H5BNO2.Pb/c10-8-7-4-2-1-3-6(7)5-9-11-8;/h1-4,10H;. The van der Waals surface area contributed by atoms with Crippen molar-refractivity contribution in [2.45, 2.75) is 0 Å². The van der Waals surface area contributed by atoms with Crippen LogP contribution < -0.4 is 5.46 Å². The molecule has 1 N–H and O–H groups in total. The molecule has 3 nitrogen and oxygen atoms in total. The third-order valence-corrected chi connectivity index (χ3v) is 3.13. The number of oxime groups is 1. The molecule has 2 rings (SSSR count). The van der Waals surface area contributed by atoms with E-state index in [-0.39, 0.29) is 0 Å². The van der Waals surface area contributed by atoms with Crippen molar-refractivity contribution in [3.63, 3.8) is 0 Å². The molecule has 1 aliphatic rings. The number of hydrogen-bond donors (Lipinski definition) is 1. The van der Waals surface area contributed by atoms with Gasteiger partial charge in [-0.05, 0) is 0 Å². The van der Waals surface area contributed by atoms with Gasteiger partial charge in [0.25, 0.3) is 0 Å². The minimum absolute atomic E-state index is 0.817. The fourth-order valence-electron chi connectivity index (χ4n) is 1.14. The summed E-state index contributed by atoms with van der Waals surface area (Å²) in [7, 11) is -0.890. The minimum atomic E-state index is -0.890. The first-order valence-electron chi connectivity index (χ1n) is 3.52. The van der Waals surface area contributed by atoms with Crippen molar-refractivity contribution >= 4 is 41.6 Å². The van der Waals surface area contributed by atoms with E-state index in [0.717, 1.165) is 40.1 Å². The van der Waals surface area contributed by atoms with E-state index < -0.39 is 7.12 Å². The topological polar surface area (TPSA) is 41.8 Å². The monoisotopic (exact) mass is 354 g/mol. The van der Waals surface area contributed by atoms with Crippen molar-refractivity contribution < 1.29 is 9.78 Å². The van der Waals surface area contributed by atoms with E-state index in [9.17, 15) is 5.02 Å². The van der Waals surface area contributed by atoms with E-state index >= 15 is 0 Å². The van der Waals surface area contributed by atoms with E-state index in [1.807, 2.05) is 24.3 Å². The molecule has 1 heterocycles. The molecular weight excluding hydrogens is 348 g/mol. The summed E-state index contributed by atoms with van der Waals surface area (Å²) in [5, 5.41) is 13.1. The van der Waals surface area contributed by atoms with Gasteiger partial charge in [-0.3, -0.25) is 0 Å². The molecule has 0 atom stereocenters. The molecule has 12 heavy (non-hydrogen) atoms. The van der Waals surface area contributed by atoms with Crippen LogP contribution in [0.25, 0.3) is 0 Å². The molecule has 0 amide bonds. The summed E-state index contributed by atoms with van der Waals surface area (Å²) < 4.78 is 5.74. The van der Waals surface area contributed by atoms with Crippen molar-refractivity contribution in [2.75, 3.05) is 0 Å². The first kappa shape index (κ1) is 8.25. The maximum absolute atomic E-state index is 9.37. The van der Waals surface area contributed by atoms with E-state index in [4.69, 9.17) is 4.76 Å². The molecule has 5 heteroatoms. The number of nitrogens with zero attached hydrogens (tertiary/aromatic N) is 1. The van der Waals surface area contributed by atoms with Gasteiger partial charge in [0.05, 0.1) is 0 Å². The van der Waals surface area contributed by atoms with Crippen LogP contribution in [-0.2, 0) is 4.76 Å². The average molecular weight is 353 g/mol. The van der Waals surface area contributed by atoms with Gasteiger partial charge in [-0.15, -0.1) is 0 Å². The van der Waals surface area contributed by atoms with Gasteiger partial charge < -0.3 is 0 Å². The summed E-state index contributed by atoms with van der Waals surface area (Å²) in [4.78, 5) is 0. The predicted octanol–water partition coefficient (Wildman–Crippen LogP) is -0.766. The SMILES string of the molecule is OB1ON=[C]([Pb])c2ccccc21. The average Bonchev–Trinajstić information content (AvgIpc) is 2.12. The molecule has 0 aromatic heterocycles. The summed E-state index contributed by atoms with van der Waals surface area (Å²) in [5.41, 5.74) is 1.83. The number of hydrogen-bond acceptors (Lipinski definition) is 3. The normalized spacial score (nSPS) is 14.8. The Morgan fingerprint density at radius 1 is 1.42 bits per heavy atom. The van der Waals surface area contributed by atoms with Gasteiger partial charge in [0.1, 0.15) is 0 Å². The van der Waals surface area contributed by atoms with Crippen molar-refractivity contribution in [1.29, 1.82) is 0 Å². The Kier molecular flexibility index (Phi) is 2.18. The summed E-state index contributed by atoms with van der Waals surface area (Å²) in [6.45, 7) is 0. The zero-order chi connectivity index (χ0) is 8.55. The molecule has 1 aromatic carbocycles. The Balaban J connectivity index is 2.58. The Labute approximate surface area is 86.2 Å². The van der Waals surface area contributed by atoms with Gasteiger partial charge in [0.2, 0.25) is 0 Å². The first-order valence-corrected chi connectivity index (χ1v) is 5.46. The molecular formula is C7H5BNO2Pb. The third kappa shape index (κ3) is 1.29. The quantitative estimate of drug-likeness (QED) is 0.623. The number of rotatable bonds is 0. The molecule has 57 valence electrons. The van der Waals surface area contributed by atoms with Gasteiger partial charge in [0.15, 0.2) is 0 Å². The van der Waals surface area contributed by atoms with Crippen molar-refractivity contribution in [2.24, 2.45) is 5.16 Å². The Morgan fingerprint density at radius 3 is 2.92 bits per heavy atom. The Hall–Kier alpha value is -0.363. The molecule has 0 spiro atoms. The summed E-state index contributed by atoms with van der Waals surface area (Å²) in [6, 6.07) is 7.62. The Morgan fingerprint density at radius 2 is 2.17 bits per heavy atom. The van der Waals surface area contributed by atoms with Crippen LogP contribution in [0.3, 0.4) is 0 Å². The molecule has 1 aromatic rings. The van der Waals surface area contributed by atoms with E-state index in [0.29, 0.717) is 0 Å².